The Balaban J connectivity index is 3.17. The molecule has 0 heterocycles. The van der Waals surface area contributed by atoms with Crippen molar-refractivity contribution in [3.8, 4) is 0 Å². The Morgan fingerprint density at radius 1 is 1.39 bits per heavy atom. The maximum atomic E-state index is 13.5. The fraction of sp³-hybridized carbons (Fsp3) is 0.333. The molecule has 0 aromatic heterocycles. The molecule has 1 aromatic carbocycles. The molecule has 0 unspecified atom stereocenters. The summed E-state index contributed by atoms with van der Waals surface area (Å²) in [6.45, 7) is 1.62. The second kappa shape index (κ2) is 5.46. The van der Waals surface area contributed by atoms with Crippen molar-refractivity contribution >= 4 is 17.7 Å². The van der Waals surface area contributed by atoms with Crippen molar-refractivity contribution in [2.75, 3.05) is 6.35 Å². The van der Waals surface area contributed by atoms with E-state index in [4.69, 9.17) is 9.79 Å². The molecule has 6 nitrogen and oxygen atoms in total. The number of hydrogen-bond donors (Lipinski definition) is 2. The lowest BCUT2D eigenvalue weighted by Crippen LogP contribution is -2.12. The van der Waals surface area contributed by atoms with Crippen LogP contribution in [0.5, 0.6) is 0 Å². The smallest absolute Gasteiger partial charge is 0.323 e. The molecule has 2 N–H and O–H groups in total. The van der Waals surface area contributed by atoms with Gasteiger partial charge in [-0.15, -0.1) is 0 Å². The van der Waals surface area contributed by atoms with Crippen molar-refractivity contribution in [3.63, 3.8) is 0 Å². The van der Waals surface area contributed by atoms with E-state index in [-0.39, 0.29) is 12.0 Å². The van der Waals surface area contributed by atoms with Gasteiger partial charge in [-0.1, -0.05) is 19.1 Å². The van der Waals surface area contributed by atoms with Crippen LogP contribution in [0, 0.1) is 5.82 Å². The van der Waals surface area contributed by atoms with E-state index in [2.05, 4.69) is 4.18 Å². The molecule has 0 bridgehead atoms. The van der Waals surface area contributed by atoms with Crippen molar-refractivity contribution in [1.82, 2.24) is 0 Å². The van der Waals surface area contributed by atoms with Crippen molar-refractivity contribution in [2.45, 2.75) is 18.2 Å². The number of rotatable bonds is 5. The van der Waals surface area contributed by atoms with Gasteiger partial charge in [0.25, 0.3) is 0 Å². The fourth-order valence-electron chi connectivity index (χ4n) is 1.31. The molecule has 0 aliphatic heterocycles. The SMILES string of the molecule is CCc1cccc(F)c1S(=O)(=O)OCP(=O)(O)O. The van der Waals surface area contributed by atoms with Gasteiger partial charge in [0.15, 0.2) is 6.35 Å². The summed E-state index contributed by atoms with van der Waals surface area (Å²) in [4.78, 5) is 16.4. The largest absolute Gasteiger partial charge is 0.352 e. The van der Waals surface area contributed by atoms with E-state index in [1.165, 1.54) is 12.1 Å². The fourth-order valence-corrected chi connectivity index (χ4v) is 3.37. The molecule has 0 amide bonds. The maximum Gasteiger partial charge on any atom is 0.352 e. The lowest BCUT2D eigenvalue weighted by molar-refractivity contribution is 0.299. The predicted octanol–water partition coefficient (Wildman–Crippen LogP) is 1.23. The molecule has 1 rings (SSSR count). The highest BCUT2D eigenvalue weighted by molar-refractivity contribution is 7.87. The van der Waals surface area contributed by atoms with Crippen molar-refractivity contribution < 1.29 is 31.3 Å². The first-order chi connectivity index (χ1) is 8.17. The Labute approximate surface area is 104 Å². The Hall–Kier alpha value is -0.790. The molecule has 0 radical (unpaired) electrons. The summed E-state index contributed by atoms with van der Waals surface area (Å²) in [7, 11) is -9.18. The summed E-state index contributed by atoms with van der Waals surface area (Å²) in [5, 5.41) is 0. The molecule has 0 fully saturated rings. The minimum atomic E-state index is -4.65. The minimum Gasteiger partial charge on any atom is -0.323 e. The van der Waals surface area contributed by atoms with Crippen LogP contribution in [0.2, 0.25) is 0 Å². The van der Waals surface area contributed by atoms with Crippen LogP contribution in [0.3, 0.4) is 0 Å². The van der Waals surface area contributed by atoms with Gasteiger partial charge in [-0.05, 0) is 18.1 Å². The van der Waals surface area contributed by atoms with Crippen LogP contribution in [0.25, 0.3) is 0 Å². The van der Waals surface area contributed by atoms with Gasteiger partial charge in [-0.3, -0.25) is 8.75 Å². The molecule has 0 aliphatic carbocycles. The van der Waals surface area contributed by atoms with Crippen LogP contribution in [0.4, 0.5) is 4.39 Å². The first-order valence-corrected chi connectivity index (χ1v) is 8.09. The third kappa shape index (κ3) is 3.86. The summed E-state index contributed by atoms with van der Waals surface area (Å²) < 4.78 is 51.6. The van der Waals surface area contributed by atoms with E-state index < -0.39 is 34.8 Å². The Bertz CT molecular complexity index is 579. The van der Waals surface area contributed by atoms with Gasteiger partial charge in [0.05, 0.1) is 0 Å². The number of hydrogen-bond acceptors (Lipinski definition) is 4. The second-order valence-electron chi connectivity index (χ2n) is 3.45. The highest BCUT2D eigenvalue weighted by Gasteiger charge is 2.27. The molecule has 0 saturated heterocycles. The van der Waals surface area contributed by atoms with Gasteiger partial charge in [-0.25, -0.2) is 4.39 Å². The number of halogens is 1. The van der Waals surface area contributed by atoms with Crippen LogP contribution in [-0.2, 0) is 25.3 Å². The first kappa shape index (κ1) is 15.3. The molecule has 0 spiro atoms. The highest BCUT2D eigenvalue weighted by Crippen LogP contribution is 2.36. The quantitative estimate of drug-likeness (QED) is 0.626. The molecule has 102 valence electrons. The zero-order valence-corrected chi connectivity index (χ0v) is 11.1. The van der Waals surface area contributed by atoms with Crippen molar-refractivity contribution in [3.05, 3.63) is 29.6 Å². The molecular weight excluding hydrogens is 286 g/mol. The van der Waals surface area contributed by atoms with E-state index >= 15 is 0 Å². The maximum absolute atomic E-state index is 13.5. The lowest BCUT2D eigenvalue weighted by Gasteiger charge is -2.10. The van der Waals surface area contributed by atoms with Crippen LogP contribution < -0.4 is 0 Å². The van der Waals surface area contributed by atoms with Gasteiger partial charge in [0.2, 0.25) is 0 Å². The van der Waals surface area contributed by atoms with E-state index in [0.717, 1.165) is 6.07 Å². The summed E-state index contributed by atoms with van der Waals surface area (Å²) in [5.74, 6) is -1.01. The molecule has 1 aromatic rings. The van der Waals surface area contributed by atoms with Gasteiger partial charge in [0, 0.05) is 0 Å². The second-order valence-corrected chi connectivity index (χ2v) is 6.59. The molecule has 0 atom stereocenters. The Kier molecular flexibility index (Phi) is 4.63. The molecular formula is C9H12FO6PS. The predicted molar refractivity (Wildman–Crippen MR) is 61.0 cm³/mol. The monoisotopic (exact) mass is 298 g/mol. The van der Waals surface area contributed by atoms with Crippen molar-refractivity contribution in [2.24, 2.45) is 0 Å². The van der Waals surface area contributed by atoms with Crippen LogP contribution in [-0.4, -0.2) is 24.6 Å². The molecule has 0 saturated carbocycles. The van der Waals surface area contributed by atoms with Crippen LogP contribution in [0.1, 0.15) is 12.5 Å². The first-order valence-electron chi connectivity index (χ1n) is 4.89. The van der Waals surface area contributed by atoms with Crippen LogP contribution in [0.15, 0.2) is 23.1 Å². The van der Waals surface area contributed by atoms with Gasteiger partial charge >= 0.3 is 17.7 Å². The van der Waals surface area contributed by atoms with Gasteiger partial charge < -0.3 is 9.79 Å². The summed E-state index contributed by atoms with van der Waals surface area (Å²) in [5.41, 5.74) is 0.181. The molecule has 18 heavy (non-hydrogen) atoms. The lowest BCUT2D eigenvalue weighted by atomic mass is 10.2. The Morgan fingerprint density at radius 2 is 2.00 bits per heavy atom. The molecule has 9 heteroatoms. The van der Waals surface area contributed by atoms with Gasteiger partial charge in [0.1, 0.15) is 10.7 Å². The third-order valence-corrected chi connectivity index (χ3v) is 4.08. The average Bonchev–Trinajstić information content (AvgIpc) is 2.25. The van der Waals surface area contributed by atoms with Gasteiger partial charge in [-0.2, -0.15) is 8.42 Å². The summed E-state index contributed by atoms with van der Waals surface area (Å²) >= 11 is 0. The zero-order valence-electron chi connectivity index (χ0n) is 9.41. The zero-order chi connectivity index (χ0) is 14.0. The minimum absolute atomic E-state index is 0.181. The van der Waals surface area contributed by atoms with E-state index in [0.29, 0.717) is 0 Å². The van der Waals surface area contributed by atoms with E-state index in [1.54, 1.807) is 6.92 Å². The van der Waals surface area contributed by atoms with Crippen molar-refractivity contribution in [1.29, 1.82) is 0 Å². The number of aryl methyl sites for hydroxylation is 1. The standard InChI is InChI=1S/C9H12FO6PS/c1-2-7-4-3-5-8(10)9(7)18(14,15)16-6-17(11,12)13/h3-5H,2,6H2,1H3,(H2,11,12,13). The third-order valence-electron chi connectivity index (χ3n) is 2.06. The van der Waals surface area contributed by atoms with E-state index in [9.17, 15) is 17.4 Å². The average molecular weight is 298 g/mol. The Morgan fingerprint density at radius 3 is 2.50 bits per heavy atom. The molecule has 0 aliphatic rings. The number of benzene rings is 1. The van der Waals surface area contributed by atoms with E-state index in [1.807, 2.05) is 0 Å². The summed E-state index contributed by atoms with van der Waals surface area (Å²) in [6.07, 6.45) is -1.07. The summed E-state index contributed by atoms with van der Waals surface area (Å²) in [6, 6.07) is 3.68. The normalized spacial score (nSPS) is 12.7. The highest BCUT2D eigenvalue weighted by atomic mass is 32.2. The van der Waals surface area contributed by atoms with Crippen LogP contribution >= 0.6 is 7.60 Å². The topological polar surface area (TPSA) is 101 Å².